The SMILES string of the molecule is Cc1nc(C(C)(C)C)sc1C(=O)Nc1ccc(N2CC(C)OC(C)C2)nc1. The molecule has 7 heteroatoms. The van der Waals surface area contributed by atoms with E-state index >= 15 is 0 Å². The molecule has 1 fully saturated rings. The van der Waals surface area contributed by atoms with Crippen molar-refractivity contribution in [1.29, 1.82) is 0 Å². The first-order chi connectivity index (χ1) is 12.6. The predicted molar refractivity (Wildman–Crippen MR) is 110 cm³/mol. The van der Waals surface area contributed by atoms with Crippen LogP contribution in [0.15, 0.2) is 18.3 Å². The summed E-state index contributed by atoms with van der Waals surface area (Å²) in [6.45, 7) is 14.0. The summed E-state index contributed by atoms with van der Waals surface area (Å²) in [6.07, 6.45) is 2.07. The number of morpholine rings is 1. The summed E-state index contributed by atoms with van der Waals surface area (Å²) in [4.78, 5) is 24.6. The Labute approximate surface area is 165 Å². The highest BCUT2D eigenvalue weighted by Crippen LogP contribution is 2.29. The number of carbonyl (C=O) groups is 1. The van der Waals surface area contributed by atoms with Gasteiger partial charge in [0.1, 0.15) is 10.7 Å². The summed E-state index contributed by atoms with van der Waals surface area (Å²) < 4.78 is 5.77. The van der Waals surface area contributed by atoms with Crippen LogP contribution in [0.5, 0.6) is 0 Å². The number of pyridine rings is 1. The molecule has 27 heavy (non-hydrogen) atoms. The van der Waals surface area contributed by atoms with Crippen molar-refractivity contribution in [3.63, 3.8) is 0 Å². The summed E-state index contributed by atoms with van der Waals surface area (Å²) >= 11 is 1.45. The second kappa shape index (κ2) is 7.56. The summed E-state index contributed by atoms with van der Waals surface area (Å²) in [6, 6.07) is 3.84. The van der Waals surface area contributed by atoms with Crippen molar-refractivity contribution in [3.8, 4) is 0 Å². The molecule has 2 aromatic rings. The van der Waals surface area contributed by atoms with Gasteiger partial charge in [-0.3, -0.25) is 4.79 Å². The zero-order valence-corrected chi connectivity index (χ0v) is 17.7. The molecule has 2 aromatic heterocycles. The third-order valence-corrected chi connectivity index (χ3v) is 5.98. The fourth-order valence-electron chi connectivity index (χ4n) is 3.13. The van der Waals surface area contributed by atoms with Crippen molar-refractivity contribution in [3.05, 3.63) is 33.9 Å². The zero-order valence-electron chi connectivity index (χ0n) is 16.9. The van der Waals surface area contributed by atoms with E-state index in [4.69, 9.17) is 4.74 Å². The number of nitrogens with one attached hydrogen (secondary N) is 1. The summed E-state index contributed by atoms with van der Waals surface area (Å²) in [5.41, 5.74) is 1.38. The van der Waals surface area contributed by atoms with Gasteiger partial charge in [-0.2, -0.15) is 0 Å². The van der Waals surface area contributed by atoms with Gasteiger partial charge in [-0.1, -0.05) is 20.8 Å². The first-order valence-electron chi connectivity index (χ1n) is 9.29. The molecule has 3 rings (SSSR count). The van der Waals surface area contributed by atoms with Gasteiger partial charge >= 0.3 is 0 Å². The standard InChI is InChI=1S/C20H28N4O2S/c1-12-10-24(11-13(2)26-12)16-8-7-15(9-21-16)23-18(25)17-14(3)22-19(27-17)20(4,5)6/h7-9,12-13H,10-11H2,1-6H3,(H,23,25). The minimum atomic E-state index is -0.135. The number of aromatic nitrogens is 2. The molecule has 1 aliphatic rings. The van der Waals surface area contributed by atoms with Crippen LogP contribution in [0, 0.1) is 6.92 Å². The fraction of sp³-hybridized carbons (Fsp3) is 0.550. The molecule has 0 saturated carbocycles. The molecule has 2 atom stereocenters. The molecule has 0 aliphatic carbocycles. The van der Waals surface area contributed by atoms with E-state index in [9.17, 15) is 4.79 Å². The minimum absolute atomic E-state index is 0.0659. The maximum absolute atomic E-state index is 12.7. The largest absolute Gasteiger partial charge is 0.372 e. The molecule has 0 bridgehead atoms. The van der Waals surface area contributed by atoms with Gasteiger partial charge in [0.15, 0.2) is 0 Å². The molecule has 1 N–H and O–H groups in total. The van der Waals surface area contributed by atoms with Gasteiger partial charge in [0.05, 0.1) is 34.8 Å². The summed E-state index contributed by atoms with van der Waals surface area (Å²) in [7, 11) is 0. The number of anilines is 2. The molecular formula is C20H28N4O2S. The van der Waals surface area contributed by atoms with Crippen LogP contribution < -0.4 is 10.2 Å². The van der Waals surface area contributed by atoms with Gasteiger partial charge < -0.3 is 15.0 Å². The van der Waals surface area contributed by atoms with E-state index in [1.165, 1.54) is 11.3 Å². The molecule has 0 radical (unpaired) electrons. The lowest BCUT2D eigenvalue weighted by Crippen LogP contribution is -2.45. The highest BCUT2D eigenvalue weighted by Gasteiger charge is 2.24. The molecule has 3 heterocycles. The second-order valence-corrected chi connectivity index (χ2v) is 9.20. The van der Waals surface area contributed by atoms with Crippen LogP contribution in [-0.4, -0.2) is 41.2 Å². The van der Waals surface area contributed by atoms with E-state index in [0.717, 1.165) is 29.6 Å². The lowest BCUT2D eigenvalue weighted by molar-refractivity contribution is -0.00545. The predicted octanol–water partition coefficient (Wildman–Crippen LogP) is 4.01. The quantitative estimate of drug-likeness (QED) is 0.860. The van der Waals surface area contributed by atoms with Gasteiger partial charge in [-0.15, -0.1) is 11.3 Å². The van der Waals surface area contributed by atoms with Crippen molar-refractivity contribution in [2.45, 2.75) is 59.2 Å². The fourth-order valence-corrected chi connectivity index (χ4v) is 4.15. The average Bonchev–Trinajstić information content (AvgIpc) is 2.97. The number of thiazole rings is 1. The number of ether oxygens (including phenoxy) is 1. The van der Waals surface area contributed by atoms with Crippen molar-refractivity contribution < 1.29 is 9.53 Å². The van der Waals surface area contributed by atoms with Gasteiger partial charge in [0, 0.05) is 18.5 Å². The number of nitrogens with zero attached hydrogens (tertiary/aromatic N) is 3. The molecule has 0 spiro atoms. The van der Waals surface area contributed by atoms with Crippen molar-refractivity contribution in [1.82, 2.24) is 9.97 Å². The summed E-state index contributed by atoms with van der Waals surface area (Å²) in [5, 5.41) is 3.90. The van der Waals surface area contributed by atoms with Crippen LogP contribution in [0.25, 0.3) is 0 Å². The van der Waals surface area contributed by atoms with E-state index in [2.05, 4.69) is 54.8 Å². The number of hydrogen-bond acceptors (Lipinski definition) is 6. The number of carbonyl (C=O) groups excluding carboxylic acids is 1. The normalized spacial score (nSPS) is 20.6. The Kier molecular flexibility index (Phi) is 5.53. The Morgan fingerprint density at radius 3 is 2.44 bits per heavy atom. The number of aryl methyl sites for hydroxylation is 1. The Balaban J connectivity index is 1.70. The Hall–Kier alpha value is -1.99. The van der Waals surface area contributed by atoms with E-state index in [1.807, 2.05) is 19.1 Å². The third-order valence-electron chi connectivity index (χ3n) is 4.39. The second-order valence-electron chi connectivity index (χ2n) is 8.21. The van der Waals surface area contributed by atoms with Crippen LogP contribution in [-0.2, 0) is 10.2 Å². The zero-order chi connectivity index (χ0) is 19.8. The Morgan fingerprint density at radius 2 is 1.93 bits per heavy atom. The van der Waals surface area contributed by atoms with Crippen molar-refractivity contribution >= 4 is 28.7 Å². The highest BCUT2D eigenvalue weighted by molar-refractivity contribution is 7.14. The summed E-state index contributed by atoms with van der Waals surface area (Å²) in [5.74, 6) is 0.766. The van der Waals surface area contributed by atoms with Crippen LogP contribution in [0.1, 0.15) is 55.0 Å². The third kappa shape index (κ3) is 4.65. The molecule has 0 aromatic carbocycles. The number of hydrogen-bond donors (Lipinski definition) is 1. The molecule has 146 valence electrons. The maximum atomic E-state index is 12.7. The number of amides is 1. The minimum Gasteiger partial charge on any atom is -0.372 e. The average molecular weight is 389 g/mol. The van der Waals surface area contributed by atoms with E-state index in [0.29, 0.717) is 10.6 Å². The van der Waals surface area contributed by atoms with Gasteiger partial charge in [-0.05, 0) is 32.9 Å². The molecular weight excluding hydrogens is 360 g/mol. The first kappa shape index (κ1) is 19.8. The van der Waals surface area contributed by atoms with Gasteiger partial charge in [0.2, 0.25) is 0 Å². The van der Waals surface area contributed by atoms with Gasteiger partial charge in [-0.25, -0.2) is 9.97 Å². The van der Waals surface area contributed by atoms with Crippen molar-refractivity contribution in [2.75, 3.05) is 23.3 Å². The highest BCUT2D eigenvalue weighted by atomic mass is 32.1. The maximum Gasteiger partial charge on any atom is 0.267 e. The first-order valence-corrected chi connectivity index (χ1v) is 10.1. The van der Waals surface area contributed by atoms with Crippen LogP contribution in [0.3, 0.4) is 0 Å². The Morgan fingerprint density at radius 1 is 1.26 bits per heavy atom. The van der Waals surface area contributed by atoms with Crippen molar-refractivity contribution in [2.24, 2.45) is 0 Å². The monoisotopic (exact) mass is 388 g/mol. The molecule has 1 saturated heterocycles. The lowest BCUT2D eigenvalue weighted by atomic mass is 9.98. The molecule has 2 unspecified atom stereocenters. The van der Waals surface area contributed by atoms with Gasteiger partial charge in [0.25, 0.3) is 5.91 Å². The molecule has 1 aliphatic heterocycles. The topological polar surface area (TPSA) is 67.4 Å². The molecule has 6 nitrogen and oxygen atoms in total. The number of rotatable bonds is 3. The smallest absolute Gasteiger partial charge is 0.267 e. The molecule has 1 amide bonds. The van der Waals surface area contributed by atoms with E-state index < -0.39 is 0 Å². The van der Waals surface area contributed by atoms with Crippen LogP contribution >= 0.6 is 11.3 Å². The van der Waals surface area contributed by atoms with Crippen LogP contribution in [0.4, 0.5) is 11.5 Å². The van der Waals surface area contributed by atoms with Crippen LogP contribution in [0.2, 0.25) is 0 Å². The Bertz CT molecular complexity index is 800. The lowest BCUT2D eigenvalue weighted by Gasteiger charge is -2.36. The van der Waals surface area contributed by atoms with E-state index in [-0.39, 0.29) is 23.5 Å². The van der Waals surface area contributed by atoms with E-state index in [1.54, 1.807) is 6.20 Å².